The molecule has 0 fully saturated rings. The number of carboxylic acids is 1. The third-order valence-electron chi connectivity index (χ3n) is 1.40. The van der Waals surface area contributed by atoms with Crippen LogP contribution in [0.5, 0.6) is 0 Å². The number of carbonyl (C=O) groups is 2. The first-order valence-electron chi connectivity index (χ1n) is 3.85. The summed E-state index contributed by atoms with van der Waals surface area (Å²) in [6, 6.07) is 0. The van der Waals surface area contributed by atoms with E-state index in [-0.39, 0.29) is 0 Å². The van der Waals surface area contributed by atoms with Gasteiger partial charge in [0.05, 0.1) is 0 Å². The van der Waals surface area contributed by atoms with Gasteiger partial charge in [0.1, 0.15) is 5.60 Å². The zero-order chi connectivity index (χ0) is 9.78. The minimum Gasteiger partial charge on any atom is -0.473 e. The highest BCUT2D eigenvalue weighted by Gasteiger charge is 2.25. The van der Waals surface area contributed by atoms with Crippen LogP contribution in [-0.2, 0) is 14.3 Å². The van der Waals surface area contributed by atoms with Crippen LogP contribution in [0.4, 0.5) is 0 Å². The molecule has 1 N–H and O–H groups in total. The maximum absolute atomic E-state index is 10.6. The zero-order valence-electron chi connectivity index (χ0n) is 7.59. The van der Waals surface area contributed by atoms with Crippen LogP contribution in [0, 0.1) is 0 Å². The molecule has 0 heterocycles. The second kappa shape index (κ2) is 4.09. The van der Waals surface area contributed by atoms with E-state index in [4.69, 9.17) is 9.84 Å². The van der Waals surface area contributed by atoms with E-state index in [1.807, 2.05) is 6.92 Å². The lowest BCUT2D eigenvalue weighted by atomic mass is 10.0. The number of aliphatic carboxylic acids is 1. The molecule has 0 aromatic rings. The van der Waals surface area contributed by atoms with Crippen molar-refractivity contribution in [3.63, 3.8) is 0 Å². The molecule has 70 valence electrons. The quantitative estimate of drug-likeness (QED) is 0.515. The summed E-state index contributed by atoms with van der Waals surface area (Å²) in [5.74, 6) is -2.73. The molecule has 0 unspecified atom stereocenters. The lowest BCUT2D eigenvalue weighted by molar-refractivity contribution is -0.172. The fourth-order valence-electron chi connectivity index (χ4n) is 0.948. The molecule has 0 saturated heterocycles. The van der Waals surface area contributed by atoms with Crippen LogP contribution in [0.2, 0.25) is 0 Å². The maximum Gasteiger partial charge on any atom is 0.417 e. The summed E-state index contributed by atoms with van der Waals surface area (Å²) in [6.45, 7) is 5.32. The van der Waals surface area contributed by atoms with Crippen LogP contribution >= 0.6 is 0 Å². The molecule has 0 radical (unpaired) electrons. The average molecular weight is 174 g/mol. The van der Waals surface area contributed by atoms with Crippen LogP contribution in [0.25, 0.3) is 0 Å². The molecule has 4 heteroatoms. The van der Waals surface area contributed by atoms with Gasteiger partial charge in [-0.05, 0) is 20.3 Å². The van der Waals surface area contributed by atoms with Crippen LogP contribution in [0.1, 0.15) is 33.6 Å². The molecular weight excluding hydrogens is 160 g/mol. The van der Waals surface area contributed by atoms with E-state index in [1.54, 1.807) is 13.8 Å². The minimum absolute atomic E-state index is 0.659. The van der Waals surface area contributed by atoms with E-state index in [0.717, 1.165) is 6.42 Å². The Balaban J connectivity index is 4.05. The SMILES string of the molecule is CCCC(C)(C)OC(=O)C(=O)O. The Kier molecular flexibility index (Phi) is 3.73. The molecule has 0 aromatic heterocycles. The molecule has 0 amide bonds. The van der Waals surface area contributed by atoms with Crippen LogP contribution < -0.4 is 0 Å². The number of esters is 1. The van der Waals surface area contributed by atoms with Gasteiger partial charge in [-0.25, -0.2) is 9.59 Å². The standard InChI is InChI=1S/C8H14O4/c1-4-5-8(2,3)12-7(11)6(9)10/h4-5H2,1-3H3,(H,9,10). The Morgan fingerprint density at radius 3 is 2.25 bits per heavy atom. The van der Waals surface area contributed by atoms with E-state index in [1.165, 1.54) is 0 Å². The summed E-state index contributed by atoms with van der Waals surface area (Å²) in [7, 11) is 0. The Hall–Kier alpha value is -1.06. The summed E-state index contributed by atoms with van der Waals surface area (Å²) < 4.78 is 4.70. The van der Waals surface area contributed by atoms with Crippen LogP contribution in [0.15, 0.2) is 0 Å². The molecular formula is C8H14O4. The average Bonchev–Trinajstić information content (AvgIpc) is 1.85. The molecule has 0 aliphatic heterocycles. The molecule has 0 bridgehead atoms. The van der Waals surface area contributed by atoms with E-state index in [9.17, 15) is 9.59 Å². The molecule has 0 atom stereocenters. The van der Waals surface area contributed by atoms with E-state index >= 15 is 0 Å². The highest BCUT2D eigenvalue weighted by atomic mass is 16.6. The fourth-order valence-corrected chi connectivity index (χ4v) is 0.948. The molecule has 0 aromatic carbocycles. The number of hydrogen-bond acceptors (Lipinski definition) is 3. The summed E-state index contributed by atoms with van der Waals surface area (Å²) in [5, 5.41) is 8.24. The summed E-state index contributed by atoms with van der Waals surface area (Å²) in [5.41, 5.74) is -0.676. The third kappa shape index (κ3) is 3.95. The van der Waals surface area contributed by atoms with Gasteiger partial charge in [0, 0.05) is 0 Å². The van der Waals surface area contributed by atoms with Gasteiger partial charge < -0.3 is 9.84 Å². The van der Waals surface area contributed by atoms with Crippen LogP contribution in [0.3, 0.4) is 0 Å². The largest absolute Gasteiger partial charge is 0.473 e. The van der Waals surface area contributed by atoms with Gasteiger partial charge in [0.2, 0.25) is 0 Å². The van der Waals surface area contributed by atoms with E-state index in [0.29, 0.717) is 6.42 Å². The number of carboxylic acid groups (broad SMARTS) is 1. The highest BCUT2D eigenvalue weighted by Crippen LogP contribution is 2.16. The van der Waals surface area contributed by atoms with Crippen molar-refractivity contribution >= 4 is 11.9 Å². The first-order valence-corrected chi connectivity index (χ1v) is 3.85. The molecule has 0 saturated carbocycles. The molecule has 0 aliphatic rings. The minimum atomic E-state index is -1.54. The van der Waals surface area contributed by atoms with Crippen molar-refractivity contribution in [2.45, 2.75) is 39.2 Å². The van der Waals surface area contributed by atoms with Gasteiger partial charge in [0.25, 0.3) is 0 Å². The van der Waals surface area contributed by atoms with Gasteiger partial charge >= 0.3 is 11.9 Å². The van der Waals surface area contributed by atoms with Gasteiger partial charge in [0.15, 0.2) is 0 Å². The van der Waals surface area contributed by atoms with Gasteiger partial charge in [-0.3, -0.25) is 0 Å². The van der Waals surface area contributed by atoms with Crippen LogP contribution in [-0.4, -0.2) is 22.6 Å². The maximum atomic E-state index is 10.6. The predicted molar refractivity (Wildman–Crippen MR) is 42.7 cm³/mol. The topological polar surface area (TPSA) is 63.6 Å². The highest BCUT2D eigenvalue weighted by molar-refractivity contribution is 6.28. The second-order valence-corrected chi connectivity index (χ2v) is 3.20. The summed E-state index contributed by atoms with van der Waals surface area (Å²) in [6.07, 6.45) is 1.51. The second-order valence-electron chi connectivity index (χ2n) is 3.20. The Bertz CT molecular complexity index is 183. The van der Waals surface area contributed by atoms with Crippen molar-refractivity contribution < 1.29 is 19.4 Å². The van der Waals surface area contributed by atoms with Crippen molar-refractivity contribution in [1.29, 1.82) is 0 Å². The first-order chi connectivity index (χ1) is 5.39. The van der Waals surface area contributed by atoms with Gasteiger partial charge in [-0.2, -0.15) is 0 Å². The smallest absolute Gasteiger partial charge is 0.417 e. The number of ether oxygens (including phenoxy) is 1. The van der Waals surface area contributed by atoms with E-state index in [2.05, 4.69) is 0 Å². The lowest BCUT2D eigenvalue weighted by Crippen LogP contribution is -2.31. The third-order valence-corrected chi connectivity index (χ3v) is 1.40. The van der Waals surface area contributed by atoms with Crippen molar-refractivity contribution in [2.24, 2.45) is 0 Å². The Morgan fingerprint density at radius 2 is 1.92 bits per heavy atom. The zero-order valence-corrected chi connectivity index (χ0v) is 7.59. The van der Waals surface area contributed by atoms with Gasteiger partial charge in [-0.1, -0.05) is 13.3 Å². The lowest BCUT2D eigenvalue weighted by Gasteiger charge is -2.23. The summed E-state index contributed by atoms with van der Waals surface area (Å²) in [4.78, 5) is 20.7. The number of rotatable bonds is 3. The molecule has 0 rings (SSSR count). The predicted octanol–water partition coefficient (Wildman–Crippen LogP) is 1.19. The van der Waals surface area contributed by atoms with Crippen molar-refractivity contribution in [3.05, 3.63) is 0 Å². The number of hydrogen-bond donors (Lipinski definition) is 1. The monoisotopic (exact) mass is 174 g/mol. The fraction of sp³-hybridized carbons (Fsp3) is 0.750. The van der Waals surface area contributed by atoms with Crippen molar-refractivity contribution in [3.8, 4) is 0 Å². The van der Waals surface area contributed by atoms with Gasteiger partial charge in [-0.15, -0.1) is 0 Å². The molecule has 0 spiro atoms. The Morgan fingerprint density at radius 1 is 1.42 bits per heavy atom. The van der Waals surface area contributed by atoms with Crippen molar-refractivity contribution in [1.82, 2.24) is 0 Å². The molecule has 4 nitrogen and oxygen atoms in total. The normalized spacial score (nSPS) is 10.9. The number of carbonyl (C=O) groups excluding carboxylic acids is 1. The Labute approximate surface area is 71.5 Å². The van der Waals surface area contributed by atoms with E-state index < -0.39 is 17.5 Å². The first kappa shape index (κ1) is 10.9. The van der Waals surface area contributed by atoms with Crippen molar-refractivity contribution in [2.75, 3.05) is 0 Å². The summed E-state index contributed by atoms with van der Waals surface area (Å²) >= 11 is 0. The molecule has 12 heavy (non-hydrogen) atoms. The molecule has 0 aliphatic carbocycles.